The van der Waals surface area contributed by atoms with E-state index < -0.39 is 0 Å². The summed E-state index contributed by atoms with van der Waals surface area (Å²) in [6.45, 7) is 4.15. The van der Waals surface area contributed by atoms with E-state index in [4.69, 9.17) is 0 Å². The molecule has 3 nitrogen and oxygen atoms in total. The van der Waals surface area contributed by atoms with Gasteiger partial charge in [0.15, 0.2) is 0 Å². The lowest BCUT2D eigenvalue weighted by molar-refractivity contribution is 0.0954. The van der Waals surface area contributed by atoms with Gasteiger partial charge in [-0.3, -0.25) is 4.79 Å². The lowest BCUT2D eigenvalue weighted by Crippen LogP contribution is -2.18. The Bertz CT molecular complexity index is 427. The van der Waals surface area contributed by atoms with Crippen LogP contribution in [0, 0.1) is 6.92 Å². The van der Waals surface area contributed by atoms with E-state index in [1.54, 1.807) is 6.21 Å². The van der Waals surface area contributed by atoms with Crippen molar-refractivity contribution in [2.45, 2.75) is 58.8 Å². The van der Waals surface area contributed by atoms with E-state index in [2.05, 4.69) is 17.5 Å². The Balaban J connectivity index is 2.15. The summed E-state index contributed by atoms with van der Waals surface area (Å²) >= 11 is 0. The SMILES string of the molecule is CCCCCCCCC=NNC(=O)c1ccccc1C. The van der Waals surface area contributed by atoms with Gasteiger partial charge in [0.25, 0.3) is 5.91 Å². The zero-order valence-corrected chi connectivity index (χ0v) is 12.7. The molecule has 0 bridgehead atoms. The van der Waals surface area contributed by atoms with E-state index in [-0.39, 0.29) is 5.91 Å². The molecule has 0 radical (unpaired) electrons. The van der Waals surface area contributed by atoms with Crippen LogP contribution in [-0.4, -0.2) is 12.1 Å². The fourth-order valence-corrected chi connectivity index (χ4v) is 2.07. The molecule has 110 valence electrons. The smallest absolute Gasteiger partial charge is 0.267 e. The van der Waals surface area contributed by atoms with Crippen molar-refractivity contribution in [1.29, 1.82) is 0 Å². The van der Waals surface area contributed by atoms with E-state index >= 15 is 0 Å². The summed E-state index contributed by atoms with van der Waals surface area (Å²) in [5, 5.41) is 4.00. The lowest BCUT2D eigenvalue weighted by atomic mass is 10.1. The molecule has 0 spiro atoms. The highest BCUT2D eigenvalue weighted by Crippen LogP contribution is 2.07. The maximum absolute atomic E-state index is 11.8. The van der Waals surface area contributed by atoms with Crippen LogP contribution in [0.1, 0.15) is 67.8 Å². The van der Waals surface area contributed by atoms with Gasteiger partial charge in [-0.15, -0.1) is 0 Å². The molecule has 0 aromatic heterocycles. The summed E-state index contributed by atoms with van der Waals surface area (Å²) in [6.07, 6.45) is 10.4. The van der Waals surface area contributed by atoms with E-state index in [1.165, 1.54) is 32.1 Å². The van der Waals surface area contributed by atoms with Crippen molar-refractivity contribution in [3.8, 4) is 0 Å². The molecule has 0 heterocycles. The number of benzene rings is 1. The number of hydrogen-bond acceptors (Lipinski definition) is 2. The number of aryl methyl sites for hydroxylation is 1. The Hall–Kier alpha value is -1.64. The van der Waals surface area contributed by atoms with Crippen molar-refractivity contribution in [2.24, 2.45) is 5.10 Å². The van der Waals surface area contributed by atoms with Gasteiger partial charge >= 0.3 is 0 Å². The minimum Gasteiger partial charge on any atom is -0.267 e. The molecule has 0 unspecified atom stereocenters. The first-order valence-electron chi connectivity index (χ1n) is 7.63. The van der Waals surface area contributed by atoms with Gasteiger partial charge in [-0.05, 0) is 31.4 Å². The molecule has 3 heteroatoms. The first-order valence-corrected chi connectivity index (χ1v) is 7.63. The van der Waals surface area contributed by atoms with Crippen LogP contribution in [0.15, 0.2) is 29.4 Å². The molecular weight excluding hydrogens is 248 g/mol. The predicted octanol–water partition coefficient (Wildman–Crippen LogP) is 4.46. The fourth-order valence-electron chi connectivity index (χ4n) is 2.07. The van der Waals surface area contributed by atoms with Crippen molar-refractivity contribution < 1.29 is 4.79 Å². The highest BCUT2D eigenvalue weighted by atomic mass is 16.2. The van der Waals surface area contributed by atoms with Crippen LogP contribution in [-0.2, 0) is 0 Å². The summed E-state index contributed by atoms with van der Waals surface area (Å²) < 4.78 is 0. The summed E-state index contributed by atoms with van der Waals surface area (Å²) in [4.78, 5) is 11.8. The molecule has 1 N–H and O–H groups in total. The van der Waals surface area contributed by atoms with Crippen molar-refractivity contribution in [3.05, 3.63) is 35.4 Å². The monoisotopic (exact) mass is 274 g/mol. The van der Waals surface area contributed by atoms with Crippen LogP contribution in [0.25, 0.3) is 0 Å². The van der Waals surface area contributed by atoms with Gasteiger partial charge < -0.3 is 0 Å². The van der Waals surface area contributed by atoms with E-state index in [0.29, 0.717) is 5.56 Å². The Morgan fingerprint density at radius 1 is 1.15 bits per heavy atom. The van der Waals surface area contributed by atoms with Crippen LogP contribution < -0.4 is 5.43 Å². The number of amides is 1. The number of nitrogens with one attached hydrogen (secondary N) is 1. The second kappa shape index (κ2) is 10.2. The van der Waals surface area contributed by atoms with E-state index in [9.17, 15) is 4.79 Å². The van der Waals surface area contributed by atoms with Crippen molar-refractivity contribution in [1.82, 2.24) is 5.43 Å². The lowest BCUT2D eigenvalue weighted by Gasteiger charge is -2.03. The standard InChI is InChI=1S/C17H26N2O/c1-3-4-5-6-7-8-11-14-18-19-17(20)16-13-10-9-12-15(16)2/h9-10,12-14H,3-8,11H2,1-2H3,(H,19,20). The Morgan fingerprint density at radius 2 is 1.85 bits per heavy atom. The van der Waals surface area contributed by atoms with Crippen LogP contribution in [0.3, 0.4) is 0 Å². The predicted molar refractivity (Wildman–Crippen MR) is 85.1 cm³/mol. The first-order chi connectivity index (χ1) is 9.75. The summed E-state index contributed by atoms with van der Waals surface area (Å²) in [5.41, 5.74) is 4.23. The Kier molecular flexibility index (Phi) is 8.36. The minimum absolute atomic E-state index is 0.137. The molecule has 0 aliphatic carbocycles. The van der Waals surface area contributed by atoms with Gasteiger partial charge in [-0.2, -0.15) is 5.10 Å². The van der Waals surface area contributed by atoms with Crippen molar-refractivity contribution in [2.75, 3.05) is 0 Å². The van der Waals surface area contributed by atoms with Crippen LogP contribution >= 0.6 is 0 Å². The molecule has 1 rings (SSSR count). The molecular formula is C17H26N2O. The van der Waals surface area contributed by atoms with Gasteiger partial charge in [0.05, 0.1) is 0 Å². The highest BCUT2D eigenvalue weighted by Gasteiger charge is 2.05. The van der Waals surface area contributed by atoms with E-state index in [1.807, 2.05) is 31.2 Å². The fraction of sp³-hybridized carbons (Fsp3) is 0.529. The highest BCUT2D eigenvalue weighted by molar-refractivity contribution is 5.95. The normalized spacial score (nSPS) is 10.9. The Morgan fingerprint density at radius 3 is 2.60 bits per heavy atom. The number of hydrazone groups is 1. The zero-order valence-electron chi connectivity index (χ0n) is 12.7. The topological polar surface area (TPSA) is 41.5 Å². The molecule has 0 saturated heterocycles. The molecule has 1 aromatic rings. The molecule has 20 heavy (non-hydrogen) atoms. The van der Waals surface area contributed by atoms with E-state index in [0.717, 1.165) is 18.4 Å². The number of nitrogens with zero attached hydrogens (tertiary/aromatic N) is 1. The van der Waals surface area contributed by atoms with Gasteiger partial charge in [0.1, 0.15) is 0 Å². The molecule has 1 aromatic carbocycles. The number of unbranched alkanes of at least 4 members (excludes halogenated alkanes) is 6. The summed E-state index contributed by atoms with van der Waals surface area (Å²) in [5.74, 6) is -0.137. The number of hydrogen-bond donors (Lipinski definition) is 1. The van der Waals surface area contributed by atoms with Crippen LogP contribution in [0.5, 0.6) is 0 Å². The molecule has 1 amide bonds. The largest absolute Gasteiger partial charge is 0.271 e. The van der Waals surface area contributed by atoms with Crippen molar-refractivity contribution in [3.63, 3.8) is 0 Å². The summed E-state index contributed by atoms with van der Waals surface area (Å²) in [7, 11) is 0. The molecule has 0 fully saturated rings. The summed E-state index contributed by atoms with van der Waals surface area (Å²) in [6, 6.07) is 7.53. The van der Waals surface area contributed by atoms with Crippen LogP contribution in [0.2, 0.25) is 0 Å². The first kappa shape index (κ1) is 16.4. The average molecular weight is 274 g/mol. The molecule has 0 aliphatic rings. The minimum atomic E-state index is -0.137. The van der Waals surface area contributed by atoms with Gasteiger partial charge in [-0.1, -0.05) is 57.2 Å². The third-order valence-corrected chi connectivity index (χ3v) is 3.33. The third-order valence-electron chi connectivity index (χ3n) is 3.33. The third kappa shape index (κ3) is 6.50. The Labute approximate surface area is 122 Å². The van der Waals surface area contributed by atoms with Gasteiger partial charge in [0.2, 0.25) is 0 Å². The van der Waals surface area contributed by atoms with Gasteiger partial charge in [-0.25, -0.2) is 5.43 Å². The maximum atomic E-state index is 11.8. The quantitative estimate of drug-likeness (QED) is 0.403. The maximum Gasteiger partial charge on any atom is 0.271 e. The number of carbonyl (C=O) groups is 1. The molecule has 0 atom stereocenters. The zero-order chi connectivity index (χ0) is 14.6. The molecule has 0 saturated carbocycles. The molecule has 0 aliphatic heterocycles. The van der Waals surface area contributed by atoms with Crippen molar-refractivity contribution >= 4 is 12.1 Å². The number of carbonyl (C=O) groups excluding carboxylic acids is 1. The van der Waals surface area contributed by atoms with Gasteiger partial charge in [0, 0.05) is 11.8 Å². The second-order valence-electron chi connectivity index (χ2n) is 5.12. The average Bonchev–Trinajstić information content (AvgIpc) is 2.46. The number of rotatable bonds is 9. The van der Waals surface area contributed by atoms with Crippen LogP contribution in [0.4, 0.5) is 0 Å². The second-order valence-corrected chi connectivity index (χ2v) is 5.12.